The van der Waals surface area contributed by atoms with E-state index in [1.54, 1.807) is 18.2 Å². The number of anilines is 1. The molecular formula is C20H17ClF3N3. The van der Waals surface area contributed by atoms with Gasteiger partial charge in [0.2, 0.25) is 0 Å². The second-order valence-corrected chi connectivity index (χ2v) is 6.93. The second-order valence-electron chi connectivity index (χ2n) is 6.49. The molecule has 1 aromatic heterocycles. The fourth-order valence-corrected chi connectivity index (χ4v) is 3.54. The highest BCUT2D eigenvalue weighted by atomic mass is 35.5. The average Bonchev–Trinajstić information content (AvgIpc) is 2.83. The Hall–Kier alpha value is -2.47. The summed E-state index contributed by atoms with van der Waals surface area (Å²) in [5.74, 6) is 0.633. The Labute approximate surface area is 159 Å². The maximum Gasteiger partial charge on any atom is 0.418 e. The van der Waals surface area contributed by atoms with Gasteiger partial charge < -0.3 is 5.32 Å². The molecule has 0 amide bonds. The smallest absolute Gasteiger partial charge is 0.370 e. The lowest BCUT2D eigenvalue weighted by molar-refractivity contribution is -0.137. The van der Waals surface area contributed by atoms with E-state index < -0.39 is 11.7 Å². The van der Waals surface area contributed by atoms with E-state index in [0.717, 1.165) is 36.5 Å². The minimum Gasteiger partial charge on any atom is -0.370 e. The molecule has 1 N–H and O–H groups in total. The van der Waals surface area contributed by atoms with E-state index in [1.807, 2.05) is 12.1 Å². The van der Waals surface area contributed by atoms with Gasteiger partial charge in [0.05, 0.1) is 16.9 Å². The number of rotatable bonds is 2. The first-order valence-electron chi connectivity index (χ1n) is 8.73. The number of benzene rings is 2. The zero-order chi connectivity index (χ0) is 19.0. The van der Waals surface area contributed by atoms with Crippen LogP contribution in [-0.2, 0) is 12.6 Å². The van der Waals surface area contributed by atoms with Crippen LogP contribution in [0.25, 0.3) is 16.9 Å². The summed E-state index contributed by atoms with van der Waals surface area (Å²) in [5, 5.41) is 8.47. The zero-order valence-corrected chi connectivity index (χ0v) is 15.1. The fraction of sp³-hybridized carbons (Fsp3) is 0.250. The Morgan fingerprint density at radius 3 is 2.48 bits per heavy atom. The van der Waals surface area contributed by atoms with Crippen molar-refractivity contribution in [1.29, 1.82) is 0 Å². The number of halogens is 4. The summed E-state index contributed by atoms with van der Waals surface area (Å²) in [7, 11) is 0. The number of aromatic nitrogens is 2. The minimum atomic E-state index is -4.46. The predicted molar refractivity (Wildman–Crippen MR) is 100 cm³/mol. The molecule has 0 atom stereocenters. The molecule has 1 aliphatic heterocycles. The maximum absolute atomic E-state index is 13.5. The van der Waals surface area contributed by atoms with E-state index in [9.17, 15) is 13.2 Å². The van der Waals surface area contributed by atoms with Crippen molar-refractivity contribution in [3.63, 3.8) is 0 Å². The number of hydrogen-bond donors (Lipinski definition) is 1. The molecular weight excluding hydrogens is 375 g/mol. The van der Waals surface area contributed by atoms with Crippen molar-refractivity contribution in [2.24, 2.45) is 0 Å². The van der Waals surface area contributed by atoms with Gasteiger partial charge in [0.1, 0.15) is 5.82 Å². The van der Waals surface area contributed by atoms with Gasteiger partial charge in [-0.25, -0.2) is 4.68 Å². The van der Waals surface area contributed by atoms with E-state index in [-0.39, 0.29) is 5.69 Å². The molecule has 0 bridgehead atoms. The highest BCUT2D eigenvalue weighted by molar-refractivity contribution is 6.30. The molecule has 0 radical (unpaired) electrons. The summed E-state index contributed by atoms with van der Waals surface area (Å²) in [6.07, 6.45) is -1.79. The molecule has 140 valence electrons. The zero-order valence-electron chi connectivity index (χ0n) is 14.4. The second kappa shape index (κ2) is 6.93. The molecule has 4 rings (SSSR count). The van der Waals surface area contributed by atoms with Crippen LogP contribution >= 0.6 is 11.6 Å². The fourth-order valence-electron chi connectivity index (χ4n) is 3.41. The van der Waals surface area contributed by atoms with Crippen LogP contribution in [0.15, 0.2) is 48.5 Å². The van der Waals surface area contributed by atoms with Crippen LogP contribution in [0.4, 0.5) is 19.0 Å². The van der Waals surface area contributed by atoms with Crippen LogP contribution in [0.1, 0.15) is 24.0 Å². The summed E-state index contributed by atoms with van der Waals surface area (Å²) in [4.78, 5) is 0. The third-order valence-corrected chi connectivity index (χ3v) is 4.94. The lowest BCUT2D eigenvalue weighted by Gasteiger charge is -2.15. The normalized spacial score (nSPS) is 14.4. The Morgan fingerprint density at radius 1 is 1.00 bits per heavy atom. The van der Waals surface area contributed by atoms with Crippen molar-refractivity contribution < 1.29 is 13.2 Å². The van der Waals surface area contributed by atoms with E-state index >= 15 is 0 Å². The van der Waals surface area contributed by atoms with Gasteiger partial charge in [0.25, 0.3) is 0 Å². The van der Waals surface area contributed by atoms with Crippen LogP contribution in [-0.4, -0.2) is 16.3 Å². The number of nitrogens with zero attached hydrogens (tertiary/aromatic N) is 2. The quantitative estimate of drug-likeness (QED) is 0.584. The molecule has 7 heteroatoms. The predicted octanol–water partition coefficient (Wildman–Crippen LogP) is 5.96. The summed E-state index contributed by atoms with van der Waals surface area (Å²) >= 11 is 5.98. The van der Waals surface area contributed by atoms with Crippen molar-refractivity contribution in [1.82, 2.24) is 9.78 Å². The summed E-state index contributed by atoms with van der Waals surface area (Å²) in [6.45, 7) is 0.701. The van der Waals surface area contributed by atoms with E-state index in [2.05, 4.69) is 10.4 Å². The first-order chi connectivity index (χ1) is 12.9. The molecule has 2 aromatic carbocycles. The largest absolute Gasteiger partial charge is 0.418 e. The Morgan fingerprint density at radius 2 is 1.74 bits per heavy atom. The van der Waals surface area contributed by atoms with Crippen LogP contribution in [0.3, 0.4) is 0 Å². The summed E-state index contributed by atoms with van der Waals surface area (Å²) in [5.41, 5.74) is 1.78. The molecule has 3 nitrogen and oxygen atoms in total. The van der Waals surface area contributed by atoms with Crippen molar-refractivity contribution >= 4 is 17.4 Å². The third-order valence-electron chi connectivity index (χ3n) is 4.68. The summed E-state index contributed by atoms with van der Waals surface area (Å²) < 4.78 is 42.0. The monoisotopic (exact) mass is 391 g/mol. The molecule has 0 unspecified atom stereocenters. The average molecular weight is 392 g/mol. The van der Waals surface area contributed by atoms with Gasteiger partial charge in [-0.15, -0.1) is 0 Å². The van der Waals surface area contributed by atoms with Crippen molar-refractivity contribution in [3.05, 3.63) is 64.7 Å². The molecule has 0 aliphatic carbocycles. The van der Waals surface area contributed by atoms with Gasteiger partial charge in [-0.1, -0.05) is 35.9 Å². The lowest BCUT2D eigenvalue weighted by Crippen LogP contribution is -2.14. The van der Waals surface area contributed by atoms with Gasteiger partial charge in [-0.2, -0.15) is 18.3 Å². The molecule has 2 heterocycles. The molecule has 0 spiro atoms. The van der Waals surface area contributed by atoms with Gasteiger partial charge in [0, 0.05) is 22.7 Å². The number of para-hydroxylation sites is 1. The van der Waals surface area contributed by atoms with Gasteiger partial charge in [-0.3, -0.25) is 0 Å². The summed E-state index contributed by atoms with van der Waals surface area (Å²) in [6, 6.07) is 12.7. The van der Waals surface area contributed by atoms with Gasteiger partial charge in [-0.05, 0) is 43.5 Å². The van der Waals surface area contributed by atoms with Gasteiger partial charge >= 0.3 is 6.18 Å². The van der Waals surface area contributed by atoms with E-state index in [0.29, 0.717) is 23.1 Å². The molecule has 3 aromatic rings. The first-order valence-corrected chi connectivity index (χ1v) is 9.11. The maximum atomic E-state index is 13.5. The van der Waals surface area contributed by atoms with E-state index in [4.69, 9.17) is 11.6 Å². The Balaban J connectivity index is 1.94. The highest BCUT2D eigenvalue weighted by Gasteiger charge is 2.35. The Kier molecular flexibility index (Phi) is 4.60. The molecule has 0 saturated carbocycles. The topological polar surface area (TPSA) is 29.9 Å². The van der Waals surface area contributed by atoms with Crippen molar-refractivity contribution in [3.8, 4) is 16.9 Å². The number of hydrogen-bond acceptors (Lipinski definition) is 2. The lowest BCUT2D eigenvalue weighted by atomic mass is 10.0. The van der Waals surface area contributed by atoms with Crippen LogP contribution < -0.4 is 5.32 Å². The Bertz CT molecular complexity index is 962. The van der Waals surface area contributed by atoms with Crippen LogP contribution in [0.5, 0.6) is 0 Å². The molecule has 0 fully saturated rings. The van der Waals surface area contributed by atoms with E-state index in [1.165, 1.54) is 16.8 Å². The molecule has 0 saturated heterocycles. The minimum absolute atomic E-state index is 0.0239. The highest BCUT2D eigenvalue weighted by Crippen LogP contribution is 2.38. The standard InChI is InChI=1S/C20H17ClF3N3/c21-14-10-8-13(9-11-14)18-15-5-3-4-12-25-19(15)27(26-18)17-7-2-1-6-16(17)20(22,23)24/h1-2,6-11,25H,3-5,12H2. The third kappa shape index (κ3) is 3.41. The number of nitrogens with one attached hydrogen (secondary N) is 1. The first kappa shape index (κ1) is 17.9. The number of alkyl halides is 3. The van der Waals surface area contributed by atoms with Crippen LogP contribution in [0, 0.1) is 0 Å². The van der Waals surface area contributed by atoms with Gasteiger partial charge in [0.15, 0.2) is 0 Å². The van der Waals surface area contributed by atoms with Crippen molar-refractivity contribution in [2.75, 3.05) is 11.9 Å². The number of fused-ring (bicyclic) bond motifs is 1. The molecule has 1 aliphatic rings. The SMILES string of the molecule is FC(F)(F)c1ccccc1-n1nc(-c2ccc(Cl)cc2)c2c1NCCCC2. The van der Waals surface area contributed by atoms with Crippen molar-refractivity contribution in [2.45, 2.75) is 25.4 Å². The molecule has 27 heavy (non-hydrogen) atoms. The van der Waals surface area contributed by atoms with Crippen LogP contribution in [0.2, 0.25) is 5.02 Å².